The minimum absolute atomic E-state index is 0.188. The second kappa shape index (κ2) is 5.69. The van der Waals surface area contributed by atoms with E-state index in [1.165, 1.54) is 0 Å². The minimum atomic E-state index is -3.41. The fourth-order valence-corrected chi connectivity index (χ4v) is 3.47. The topological polar surface area (TPSA) is 75.6 Å². The molecule has 6 heteroatoms. The molecule has 0 saturated carbocycles. The van der Waals surface area contributed by atoms with Crippen molar-refractivity contribution >= 4 is 15.7 Å². The Hall–Kier alpha value is -1.11. The molecule has 0 bridgehead atoms. The molecular formula is C12H17NO4S. The summed E-state index contributed by atoms with van der Waals surface area (Å²) >= 11 is 0. The largest absolute Gasteiger partial charge is 0.392 e. The van der Waals surface area contributed by atoms with Crippen LogP contribution in [0.5, 0.6) is 0 Å². The van der Waals surface area contributed by atoms with Crippen molar-refractivity contribution < 1.29 is 18.3 Å². The SMILES string of the molecule is O=S(=O)(Nc1ccccc1CO)C1CCOCC1. The number of anilines is 1. The summed E-state index contributed by atoms with van der Waals surface area (Å²) in [4.78, 5) is 0. The van der Waals surface area contributed by atoms with Crippen LogP contribution in [0.15, 0.2) is 24.3 Å². The number of aliphatic hydroxyl groups excluding tert-OH is 1. The van der Waals surface area contributed by atoms with Crippen LogP contribution in [0.2, 0.25) is 0 Å². The monoisotopic (exact) mass is 271 g/mol. The fourth-order valence-electron chi connectivity index (χ4n) is 1.98. The number of benzene rings is 1. The summed E-state index contributed by atoms with van der Waals surface area (Å²) in [5.41, 5.74) is 1.03. The van der Waals surface area contributed by atoms with Crippen molar-refractivity contribution in [1.29, 1.82) is 0 Å². The highest BCUT2D eigenvalue weighted by Crippen LogP contribution is 2.21. The van der Waals surface area contributed by atoms with Crippen LogP contribution in [0.3, 0.4) is 0 Å². The van der Waals surface area contributed by atoms with Gasteiger partial charge in [-0.1, -0.05) is 18.2 Å². The van der Waals surface area contributed by atoms with Crippen LogP contribution < -0.4 is 4.72 Å². The molecule has 18 heavy (non-hydrogen) atoms. The molecule has 0 unspecified atom stereocenters. The third-order valence-corrected chi connectivity index (χ3v) is 4.90. The number of hydrogen-bond donors (Lipinski definition) is 2. The minimum Gasteiger partial charge on any atom is -0.392 e. The first-order valence-corrected chi connectivity index (χ1v) is 7.46. The van der Waals surface area contributed by atoms with Crippen molar-refractivity contribution in [2.45, 2.75) is 24.7 Å². The van der Waals surface area contributed by atoms with Crippen LogP contribution in [0.4, 0.5) is 5.69 Å². The molecule has 0 radical (unpaired) electrons. The first kappa shape index (κ1) is 13.3. The van der Waals surface area contributed by atoms with E-state index >= 15 is 0 Å². The molecule has 0 aromatic heterocycles. The van der Waals surface area contributed by atoms with Gasteiger partial charge in [0.1, 0.15) is 0 Å². The van der Waals surface area contributed by atoms with Crippen molar-refractivity contribution in [3.8, 4) is 0 Å². The normalized spacial score (nSPS) is 17.6. The molecule has 1 aliphatic rings. The summed E-state index contributed by atoms with van der Waals surface area (Å²) in [5.74, 6) is 0. The summed E-state index contributed by atoms with van der Waals surface area (Å²) in [7, 11) is -3.41. The smallest absolute Gasteiger partial charge is 0.235 e. The second-order valence-corrected chi connectivity index (χ2v) is 6.23. The lowest BCUT2D eigenvalue weighted by atomic mass is 10.2. The van der Waals surface area contributed by atoms with E-state index in [9.17, 15) is 13.5 Å². The zero-order chi connectivity index (χ0) is 13.0. The summed E-state index contributed by atoms with van der Waals surface area (Å²) in [6, 6.07) is 6.85. The highest BCUT2D eigenvalue weighted by atomic mass is 32.2. The molecule has 2 rings (SSSR count). The molecule has 1 aromatic carbocycles. The Morgan fingerprint density at radius 3 is 2.61 bits per heavy atom. The Kier molecular flexibility index (Phi) is 4.21. The van der Waals surface area contributed by atoms with E-state index in [4.69, 9.17) is 4.74 Å². The van der Waals surface area contributed by atoms with Crippen molar-refractivity contribution in [1.82, 2.24) is 0 Å². The Balaban J connectivity index is 2.16. The van der Waals surface area contributed by atoms with E-state index in [0.717, 1.165) is 0 Å². The van der Waals surface area contributed by atoms with Gasteiger partial charge < -0.3 is 9.84 Å². The number of nitrogens with one attached hydrogen (secondary N) is 1. The first-order valence-electron chi connectivity index (χ1n) is 5.91. The average molecular weight is 271 g/mol. The van der Waals surface area contributed by atoms with Gasteiger partial charge in [-0.2, -0.15) is 0 Å². The molecule has 0 atom stereocenters. The molecule has 0 spiro atoms. The molecule has 1 aromatic rings. The number of aliphatic hydroxyl groups is 1. The lowest BCUT2D eigenvalue weighted by Crippen LogP contribution is -2.33. The van der Waals surface area contributed by atoms with E-state index in [2.05, 4.69) is 4.72 Å². The number of ether oxygens (including phenoxy) is 1. The fraction of sp³-hybridized carbons (Fsp3) is 0.500. The van der Waals surface area contributed by atoms with Gasteiger partial charge in [0.25, 0.3) is 0 Å². The Bertz CT molecular complexity index is 495. The molecule has 1 aliphatic heterocycles. The van der Waals surface area contributed by atoms with Gasteiger partial charge in [0.2, 0.25) is 10.0 Å². The molecular weight excluding hydrogens is 254 g/mol. The van der Waals surface area contributed by atoms with Crippen molar-refractivity contribution in [2.24, 2.45) is 0 Å². The maximum absolute atomic E-state index is 12.2. The van der Waals surface area contributed by atoms with Gasteiger partial charge in [-0.3, -0.25) is 4.72 Å². The number of rotatable bonds is 4. The van der Waals surface area contributed by atoms with Crippen molar-refractivity contribution in [3.05, 3.63) is 29.8 Å². The lowest BCUT2D eigenvalue weighted by Gasteiger charge is -2.23. The molecule has 5 nitrogen and oxygen atoms in total. The van der Waals surface area contributed by atoms with Gasteiger partial charge >= 0.3 is 0 Å². The summed E-state index contributed by atoms with van der Waals surface area (Å²) in [5, 5.41) is 8.75. The van der Waals surface area contributed by atoms with Crippen molar-refractivity contribution in [2.75, 3.05) is 17.9 Å². The zero-order valence-electron chi connectivity index (χ0n) is 10.0. The lowest BCUT2D eigenvalue weighted by molar-refractivity contribution is 0.0984. The third kappa shape index (κ3) is 3.01. The standard InChI is InChI=1S/C12H17NO4S/c14-9-10-3-1-2-4-12(10)13-18(15,16)11-5-7-17-8-6-11/h1-4,11,13-14H,5-9H2. The highest BCUT2D eigenvalue weighted by molar-refractivity contribution is 7.93. The van der Waals surface area contributed by atoms with Gasteiger partial charge in [0, 0.05) is 18.8 Å². The van der Waals surface area contributed by atoms with Crippen LogP contribution in [0.25, 0.3) is 0 Å². The molecule has 1 heterocycles. The quantitative estimate of drug-likeness (QED) is 0.860. The molecule has 1 saturated heterocycles. The second-order valence-electron chi connectivity index (χ2n) is 4.27. The molecule has 100 valence electrons. The molecule has 0 aliphatic carbocycles. The number of hydrogen-bond acceptors (Lipinski definition) is 4. The third-order valence-electron chi connectivity index (χ3n) is 3.05. The van der Waals surface area contributed by atoms with E-state index in [-0.39, 0.29) is 6.61 Å². The van der Waals surface area contributed by atoms with Gasteiger partial charge in [-0.05, 0) is 18.9 Å². The maximum Gasteiger partial charge on any atom is 0.235 e. The Labute approximate surface area is 107 Å². The average Bonchev–Trinajstić information content (AvgIpc) is 2.40. The van der Waals surface area contributed by atoms with Gasteiger partial charge in [0.15, 0.2) is 0 Å². The summed E-state index contributed by atoms with van der Waals surface area (Å²) < 4.78 is 32.1. The van der Waals surface area contributed by atoms with Crippen LogP contribution >= 0.6 is 0 Å². The summed E-state index contributed by atoms with van der Waals surface area (Å²) in [6.07, 6.45) is 1.02. The van der Waals surface area contributed by atoms with Crippen LogP contribution in [-0.4, -0.2) is 32.0 Å². The first-order chi connectivity index (χ1) is 8.63. The molecule has 0 amide bonds. The van der Waals surface area contributed by atoms with Crippen LogP contribution in [-0.2, 0) is 21.4 Å². The maximum atomic E-state index is 12.2. The highest BCUT2D eigenvalue weighted by Gasteiger charge is 2.28. The van der Waals surface area contributed by atoms with Crippen LogP contribution in [0.1, 0.15) is 18.4 Å². The predicted octanol–water partition coefficient (Wildman–Crippen LogP) is 1.10. The summed E-state index contributed by atoms with van der Waals surface area (Å²) in [6.45, 7) is 0.771. The molecule has 2 N–H and O–H groups in total. The van der Waals surface area contributed by atoms with Gasteiger partial charge in [0.05, 0.1) is 17.5 Å². The number of para-hydroxylation sites is 1. The van der Waals surface area contributed by atoms with Crippen molar-refractivity contribution in [3.63, 3.8) is 0 Å². The Morgan fingerprint density at radius 2 is 1.94 bits per heavy atom. The van der Waals surface area contributed by atoms with E-state index in [1.54, 1.807) is 24.3 Å². The predicted molar refractivity (Wildman–Crippen MR) is 68.7 cm³/mol. The Morgan fingerprint density at radius 1 is 1.28 bits per heavy atom. The van der Waals surface area contributed by atoms with Gasteiger partial charge in [-0.15, -0.1) is 0 Å². The van der Waals surface area contributed by atoms with Crippen LogP contribution in [0, 0.1) is 0 Å². The van der Waals surface area contributed by atoms with E-state index in [1.807, 2.05) is 0 Å². The van der Waals surface area contributed by atoms with Gasteiger partial charge in [-0.25, -0.2) is 8.42 Å². The number of sulfonamides is 1. The molecule has 1 fully saturated rings. The zero-order valence-corrected chi connectivity index (χ0v) is 10.8. The van der Waals surface area contributed by atoms with E-state index < -0.39 is 15.3 Å². The van der Waals surface area contributed by atoms with E-state index in [0.29, 0.717) is 37.3 Å².